The van der Waals surface area contributed by atoms with Crippen molar-refractivity contribution in [2.75, 3.05) is 12.3 Å². The van der Waals surface area contributed by atoms with Gasteiger partial charge in [-0.2, -0.15) is 0 Å². The van der Waals surface area contributed by atoms with Gasteiger partial charge in [0.1, 0.15) is 0 Å². The van der Waals surface area contributed by atoms with Crippen LogP contribution in [0.3, 0.4) is 0 Å². The first-order valence-electron chi connectivity index (χ1n) is 6.95. The summed E-state index contributed by atoms with van der Waals surface area (Å²) in [6.07, 6.45) is 1.56. The molecule has 2 atom stereocenters. The number of carbonyl (C=O) groups excluding carboxylic acids is 1. The molecule has 104 valence electrons. The van der Waals surface area contributed by atoms with Gasteiger partial charge in [0.25, 0.3) is 0 Å². The van der Waals surface area contributed by atoms with Crippen molar-refractivity contribution in [2.24, 2.45) is 0 Å². The summed E-state index contributed by atoms with van der Waals surface area (Å²) in [5.41, 5.74) is 1.27. The molecule has 0 fully saturated rings. The molecule has 0 aromatic heterocycles. The molecule has 1 amide bonds. The van der Waals surface area contributed by atoms with Crippen LogP contribution in [0.1, 0.15) is 38.3 Å². The highest BCUT2D eigenvalue weighted by atomic mass is 32.2. The van der Waals surface area contributed by atoms with Crippen LogP contribution < -0.4 is 10.6 Å². The third kappa shape index (κ3) is 3.98. The van der Waals surface area contributed by atoms with Gasteiger partial charge in [-0.1, -0.05) is 25.1 Å². The summed E-state index contributed by atoms with van der Waals surface area (Å²) in [5.74, 6) is 1.21. The molecule has 2 N–H and O–H groups in total. The average Bonchev–Trinajstić information content (AvgIpc) is 2.39. The topological polar surface area (TPSA) is 41.1 Å². The summed E-state index contributed by atoms with van der Waals surface area (Å²) in [7, 11) is 0. The van der Waals surface area contributed by atoms with E-state index in [2.05, 4.69) is 35.8 Å². The number of rotatable bonds is 5. The molecule has 0 aliphatic carbocycles. The second kappa shape index (κ2) is 6.96. The first kappa shape index (κ1) is 14.4. The lowest BCUT2D eigenvalue weighted by molar-refractivity contribution is -0.122. The SMILES string of the molecule is CCNC(C)CC(=O)NC1CCSc2ccccc21. The van der Waals surface area contributed by atoms with Gasteiger partial charge < -0.3 is 10.6 Å². The van der Waals surface area contributed by atoms with Gasteiger partial charge in [0.15, 0.2) is 0 Å². The van der Waals surface area contributed by atoms with Crippen LogP contribution in [-0.2, 0) is 4.79 Å². The van der Waals surface area contributed by atoms with Crippen molar-refractivity contribution >= 4 is 17.7 Å². The molecule has 3 nitrogen and oxygen atoms in total. The fourth-order valence-corrected chi connectivity index (χ4v) is 3.57. The third-order valence-corrected chi connectivity index (χ3v) is 4.46. The number of hydrogen-bond acceptors (Lipinski definition) is 3. The van der Waals surface area contributed by atoms with Gasteiger partial charge in [0, 0.05) is 23.1 Å². The Balaban J connectivity index is 1.95. The van der Waals surface area contributed by atoms with E-state index in [1.165, 1.54) is 10.5 Å². The van der Waals surface area contributed by atoms with Gasteiger partial charge in [0.2, 0.25) is 5.91 Å². The zero-order valence-corrected chi connectivity index (χ0v) is 12.4. The molecule has 0 saturated carbocycles. The lowest BCUT2D eigenvalue weighted by atomic mass is 10.0. The third-order valence-electron chi connectivity index (χ3n) is 3.34. The van der Waals surface area contributed by atoms with Crippen molar-refractivity contribution in [3.63, 3.8) is 0 Å². The largest absolute Gasteiger partial charge is 0.349 e. The number of benzene rings is 1. The summed E-state index contributed by atoms with van der Waals surface area (Å²) >= 11 is 1.88. The van der Waals surface area contributed by atoms with Gasteiger partial charge in [-0.05, 0) is 31.5 Å². The van der Waals surface area contributed by atoms with Crippen LogP contribution in [-0.4, -0.2) is 24.2 Å². The molecular formula is C15H22N2OS. The molecule has 1 aromatic carbocycles. The maximum Gasteiger partial charge on any atom is 0.222 e. The highest BCUT2D eigenvalue weighted by Crippen LogP contribution is 2.35. The van der Waals surface area contributed by atoms with Crippen molar-refractivity contribution in [1.82, 2.24) is 10.6 Å². The summed E-state index contributed by atoms with van der Waals surface area (Å²) in [6.45, 7) is 5.01. The first-order valence-corrected chi connectivity index (χ1v) is 7.93. The van der Waals surface area contributed by atoms with E-state index in [0.29, 0.717) is 6.42 Å². The van der Waals surface area contributed by atoms with E-state index in [1.807, 2.05) is 24.8 Å². The number of amides is 1. The molecule has 0 saturated heterocycles. The van der Waals surface area contributed by atoms with Crippen LogP contribution in [0.2, 0.25) is 0 Å². The molecule has 0 bridgehead atoms. The van der Waals surface area contributed by atoms with Crippen LogP contribution >= 0.6 is 11.8 Å². The normalized spacial score (nSPS) is 19.6. The van der Waals surface area contributed by atoms with Crippen molar-refractivity contribution < 1.29 is 4.79 Å². The Morgan fingerprint density at radius 2 is 2.26 bits per heavy atom. The quantitative estimate of drug-likeness (QED) is 0.870. The molecular weight excluding hydrogens is 256 g/mol. The first-order chi connectivity index (χ1) is 9.20. The van der Waals surface area contributed by atoms with Crippen LogP contribution in [0.5, 0.6) is 0 Å². The Morgan fingerprint density at radius 3 is 3.05 bits per heavy atom. The van der Waals surface area contributed by atoms with Crippen LogP contribution in [0.15, 0.2) is 29.2 Å². The summed E-state index contributed by atoms with van der Waals surface area (Å²) < 4.78 is 0. The number of thioether (sulfide) groups is 1. The van der Waals surface area contributed by atoms with Crippen LogP contribution in [0.4, 0.5) is 0 Å². The second-order valence-corrected chi connectivity index (χ2v) is 6.09. The fraction of sp³-hybridized carbons (Fsp3) is 0.533. The van der Waals surface area contributed by atoms with Crippen molar-refractivity contribution in [2.45, 2.75) is 43.7 Å². The molecule has 1 aromatic rings. The van der Waals surface area contributed by atoms with E-state index in [0.717, 1.165) is 18.7 Å². The van der Waals surface area contributed by atoms with E-state index in [1.54, 1.807) is 0 Å². The van der Waals surface area contributed by atoms with E-state index < -0.39 is 0 Å². The van der Waals surface area contributed by atoms with Crippen LogP contribution in [0.25, 0.3) is 0 Å². The Bertz CT molecular complexity index is 436. The van der Waals surface area contributed by atoms with Gasteiger partial charge in [-0.25, -0.2) is 0 Å². The predicted octanol–water partition coefficient (Wildman–Crippen LogP) is 2.73. The molecule has 1 aliphatic rings. The lowest BCUT2D eigenvalue weighted by Crippen LogP contribution is -2.36. The molecule has 19 heavy (non-hydrogen) atoms. The highest BCUT2D eigenvalue weighted by Gasteiger charge is 2.22. The number of fused-ring (bicyclic) bond motifs is 1. The summed E-state index contributed by atoms with van der Waals surface area (Å²) in [6, 6.07) is 8.78. The highest BCUT2D eigenvalue weighted by molar-refractivity contribution is 7.99. The molecule has 4 heteroatoms. The molecule has 1 aliphatic heterocycles. The zero-order chi connectivity index (χ0) is 13.7. The second-order valence-electron chi connectivity index (χ2n) is 4.96. The molecule has 2 unspecified atom stereocenters. The van der Waals surface area contributed by atoms with Crippen molar-refractivity contribution in [1.29, 1.82) is 0 Å². The Hall–Kier alpha value is -1.00. The van der Waals surface area contributed by atoms with Gasteiger partial charge in [0.05, 0.1) is 6.04 Å². The molecule has 1 heterocycles. The Labute approximate surface area is 119 Å². The molecule has 2 rings (SSSR count). The lowest BCUT2D eigenvalue weighted by Gasteiger charge is -2.26. The smallest absolute Gasteiger partial charge is 0.222 e. The molecule has 0 radical (unpaired) electrons. The van der Waals surface area contributed by atoms with Crippen molar-refractivity contribution in [3.8, 4) is 0 Å². The Morgan fingerprint density at radius 1 is 1.47 bits per heavy atom. The zero-order valence-electron chi connectivity index (χ0n) is 11.6. The number of carbonyl (C=O) groups is 1. The maximum atomic E-state index is 12.0. The van der Waals surface area contributed by atoms with E-state index in [-0.39, 0.29) is 18.0 Å². The number of hydrogen-bond donors (Lipinski definition) is 2. The predicted molar refractivity (Wildman–Crippen MR) is 80.4 cm³/mol. The van der Waals surface area contributed by atoms with Crippen LogP contribution in [0, 0.1) is 0 Å². The van der Waals surface area contributed by atoms with Gasteiger partial charge >= 0.3 is 0 Å². The van der Waals surface area contributed by atoms with Gasteiger partial charge in [-0.3, -0.25) is 4.79 Å². The fourth-order valence-electron chi connectivity index (χ4n) is 2.44. The summed E-state index contributed by atoms with van der Waals surface area (Å²) in [4.78, 5) is 13.4. The minimum Gasteiger partial charge on any atom is -0.349 e. The minimum absolute atomic E-state index is 0.139. The minimum atomic E-state index is 0.139. The number of nitrogens with one attached hydrogen (secondary N) is 2. The summed E-state index contributed by atoms with van der Waals surface area (Å²) in [5, 5.41) is 6.44. The Kier molecular flexibility index (Phi) is 5.28. The average molecular weight is 278 g/mol. The van der Waals surface area contributed by atoms with Gasteiger partial charge in [-0.15, -0.1) is 11.8 Å². The molecule has 0 spiro atoms. The van der Waals surface area contributed by atoms with E-state index >= 15 is 0 Å². The van der Waals surface area contributed by atoms with E-state index in [9.17, 15) is 4.79 Å². The van der Waals surface area contributed by atoms with Crippen molar-refractivity contribution in [3.05, 3.63) is 29.8 Å². The maximum absolute atomic E-state index is 12.0. The van der Waals surface area contributed by atoms with E-state index in [4.69, 9.17) is 0 Å². The monoisotopic (exact) mass is 278 g/mol. The standard InChI is InChI=1S/C15H22N2OS/c1-3-16-11(2)10-15(18)17-13-8-9-19-14-7-5-4-6-12(13)14/h4-7,11,13,16H,3,8-10H2,1-2H3,(H,17,18).